The highest BCUT2D eigenvalue weighted by molar-refractivity contribution is 5.98. The van der Waals surface area contributed by atoms with Gasteiger partial charge in [0.25, 0.3) is 0 Å². The molecule has 218 valence electrons. The van der Waals surface area contributed by atoms with Crippen LogP contribution in [0.1, 0.15) is 60.5 Å². The largest absolute Gasteiger partial charge is 0.480 e. The standard InChI is InChI=1S/C31H37N3O7/c1-21(35)41-25-13-16-33(17-14-25)18-15-26(31(39)40)32-30(38)27-19-23-9-5-6-10-24(23)20-34(27)29(37)12-11-28(36)22-7-3-2-4-8-22/h2-10,25-27H,11-20H2,1H3,(H,32,38)(H,39,40). The molecule has 2 aromatic rings. The van der Waals surface area contributed by atoms with Crippen molar-refractivity contribution in [2.24, 2.45) is 0 Å². The molecule has 1 saturated heterocycles. The highest BCUT2D eigenvalue weighted by atomic mass is 16.5. The van der Waals surface area contributed by atoms with Crippen LogP contribution in [0, 0.1) is 0 Å². The minimum atomic E-state index is -1.14. The SMILES string of the molecule is CC(=O)OC1CCN(CCC(NC(=O)C2Cc3ccccc3CN2C(=O)CCC(=O)c2ccccc2)C(=O)O)CC1. The first-order chi connectivity index (χ1) is 19.7. The van der Waals surface area contributed by atoms with Crippen molar-refractivity contribution in [3.63, 3.8) is 0 Å². The Balaban J connectivity index is 1.38. The van der Waals surface area contributed by atoms with E-state index in [-0.39, 0.29) is 56.0 Å². The Hall–Kier alpha value is -4.05. The number of nitrogens with one attached hydrogen (secondary N) is 1. The molecule has 0 saturated carbocycles. The maximum atomic E-state index is 13.5. The lowest BCUT2D eigenvalue weighted by Gasteiger charge is -2.37. The molecule has 0 aromatic heterocycles. The first-order valence-corrected chi connectivity index (χ1v) is 14.1. The first-order valence-electron chi connectivity index (χ1n) is 14.1. The van der Waals surface area contributed by atoms with Gasteiger partial charge in [-0.1, -0.05) is 54.6 Å². The Morgan fingerprint density at radius 1 is 0.951 bits per heavy atom. The molecule has 10 nitrogen and oxygen atoms in total. The molecule has 2 unspecified atom stereocenters. The van der Waals surface area contributed by atoms with Gasteiger partial charge in [0.2, 0.25) is 11.8 Å². The van der Waals surface area contributed by atoms with Crippen LogP contribution in [0.2, 0.25) is 0 Å². The van der Waals surface area contributed by atoms with E-state index in [9.17, 15) is 29.1 Å². The average Bonchev–Trinajstić information content (AvgIpc) is 2.97. The van der Waals surface area contributed by atoms with E-state index in [2.05, 4.69) is 10.2 Å². The third-order valence-corrected chi connectivity index (χ3v) is 7.75. The molecule has 2 atom stereocenters. The second-order valence-corrected chi connectivity index (χ2v) is 10.6. The monoisotopic (exact) mass is 563 g/mol. The molecule has 0 radical (unpaired) electrons. The summed E-state index contributed by atoms with van der Waals surface area (Å²) in [6, 6.07) is 14.3. The van der Waals surface area contributed by atoms with Gasteiger partial charge < -0.3 is 25.0 Å². The summed E-state index contributed by atoms with van der Waals surface area (Å²) in [5, 5.41) is 12.5. The topological polar surface area (TPSA) is 133 Å². The van der Waals surface area contributed by atoms with Crippen molar-refractivity contribution in [3.8, 4) is 0 Å². The molecule has 4 rings (SSSR count). The van der Waals surface area contributed by atoms with E-state index in [0.717, 1.165) is 11.1 Å². The van der Waals surface area contributed by atoms with Crippen molar-refractivity contribution in [2.75, 3.05) is 19.6 Å². The van der Waals surface area contributed by atoms with Crippen LogP contribution in [0.25, 0.3) is 0 Å². The van der Waals surface area contributed by atoms with Crippen LogP contribution in [0.4, 0.5) is 0 Å². The second-order valence-electron chi connectivity index (χ2n) is 10.6. The van der Waals surface area contributed by atoms with E-state index in [0.29, 0.717) is 38.0 Å². The summed E-state index contributed by atoms with van der Waals surface area (Å²) < 4.78 is 5.26. The minimum absolute atomic E-state index is 0.0151. The number of rotatable bonds is 11. The van der Waals surface area contributed by atoms with Gasteiger partial charge in [0.05, 0.1) is 0 Å². The van der Waals surface area contributed by atoms with Crippen LogP contribution in [0.5, 0.6) is 0 Å². The fourth-order valence-corrected chi connectivity index (χ4v) is 5.47. The number of carbonyl (C=O) groups excluding carboxylic acids is 4. The molecular weight excluding hydrogens is 526 g/mol. The maximum absolute atomic E-state index is 13.5. The van der Waals surface area contributed by atoms with Crippen LogP contribution < -0.4 is 5.32 Å². The van der Waals surface area contributed by atoms with E-state index in [4.69, 9.17) is 4.74 Å². The lowest BCUT2D eigenvalue weighted by Crippen LogP contribution is -2.56. The predicted octanol–water partition coefficient (Wildman–Crippen LogP) is 2.59. The Morgan fingerprint density at radius 3 is 2.27 bits per heavy atom. The number of carboxylic acids is 1. The maximum Gasteiger partial charge on any atom is 0.326 e. The number of hydrogen-bond acceptors (Lipinski definition) is 7. The van der Waals surface area contributed by atoms with E-state index in [1.54, 1.807) is 24.3 Å². The van der Waals surface area contributed by atoms with Gasteiger partial charge in [-0.3, -0.25) is 19.2 Å². The fourth-order valence-electron chi connectivity index (χ4n) is 5.47. The van der Waals surface area contributed by atoms with Crippen molar-refractivity contribution < 1.29 is 33.8 Å². The Kier molecular flexibility index (Phi) is 10.2. The molecule has 2 aliphatic heterocycles. The van der Waals surface area contributed by atoms with Crippen molar-refractivity contribution in [1.82, 2.24) is 15.1 Å². The second kappa shape index (κ2) is 14.0. The van der Waals surface area contributed by atoms with Crippen molar-refractivity contribution >= 4 is 29.5 Å². The smallest absolute Gasteiger partial charge is 0.326 e. The molecule has 2 N–H and O–H groups in total. The number of likely N-dealkylation sites (tertiary alicyclic amines) is 1. The highest BCUT2D eigenvalue weighted by Gasteiger charge is 2.36. The lowest BCUT2D eigenvalue weighted by molar-refractivity contribution is -0.149. The minimum Gasteiger partial charge on any atom is -0.480 e. The number of fused-ring (bicyclic) bond motifs is 1. The summed E-state index contributed by atoms with van der Waals surface area (Å²) in [6.45, 7) is 3.39. The zero-order valence-corrected chi connectivity index (χ0v) is 23.3. The van der Waals surface area contributed by atoms with E-state index in [1.807, 2.05) is 30.3 Å². The Labute approximate surface area is 239 Å². The van der Waals surface area contributed by atoms with Crippen LogP contribution in [0.3, 0.4) is 0 Å². The third kappa shape index (κ3) is 8.23. The summed E-state index contributed by atoms with van der Waals surface area (Å²) in [7, 11) is 0. The average molecular weight is 564 g/mol. The van der Waals surface area contributed by atoms with E-state index in [1.165, 1.54) is 11.8 Å². The summed E-state index contributed by atoms with van der Waals surface area (Å²) in [6.07, 6.45) is 1.65. The lowest BCUT2D eigenvalue weighted by atomic mass is 9.92. The van der Waals surface area contributed by atoms with Crippen LogP contribution >= 0.6 is 0 Å². The molecule has 1 fully saturated rings. The summed E-state index contributed by atoms with van der Waals surface area (Å²) in [5.74, 6) is -2.46. The number of ketones is 1. The third-order valence-electron chi connectivity index (χ3n) is 7.75. The highest BCUT2D eigenvalue weighted by Crippen LogP contribution is 2.25. The van der Waals surface area contributed by atoms with Crippen molar-refractivity contribution in [2.45, 2.75) is 70.2 Å². The number of aliphatic carboxylic acids is 1. The van der Waals surface area contributed by atoms with Gasteiger partial charge in [-0.25, -0.2) is 4.79 Å². The molecule has 41 heavy (non-hydrogen) atoms. The van der Waals surface area contributed by atoms with Crippen LogP contribution in [-0.4, -0.2) is 82.3 Å². The van der Waals surface area contributed by atoms with E-state index >= 15 is 0 Å². The van der Waals surface area contributed by atoms with Gasteiger partial charge in [0, 0.05) is 57.9 Å². The zero-order chi connectivity index (χ0) is 29.4. The normalized spacial score (nSPS) is 18.2. The number of piperidine rings is 1. The molecule has 0 bridgehead atoms. The van der Waals surface area contributed by atoms with Gasteiger partial charge in [0.1, 0.15) is 18.2 Å². The number of carbonyl (C=O) groups is 5. The van der Waals surface area contributed by atoms with Gasteiger partial charge in [0.15, 0.2) is 5.78 Å². The number of hydrogen-bond donors (Lipinski definition) is 2. The summed E-state index contributed by atoms with van der Waals surface area (Å²) in [5.41, 5.74) is 2.38. The zero-order valence-electron chi connectivity index (χ0n) is 23.3. The van der Waals surface area contributed by atoms with Crippen molar-refractivity contribution in [3.05, 3.63) is 71.3 Å². The van der Waals surface area contributed by atoms with Gasteiger partial charge in [-0.2, -0.15) is 0 Å². The van der Waals surface area contributed by atoms with E-state index < -0.39 is 24.0 Å². The van der Waals surface area contributed by atoms with Gasteiger partial charge in [-0.05, 0) is 30.4 Å². The number of nitrogens with zero attached hydrogens (tertiary/aromatic N) is 2. The number of ether oxygens (including phenoxy) is 1. The predicted molar refractivity (Wildman–Crippen MR) is 150 cm³/mol. The first kappa shape index (κ1) is 29.9. The Morgan fingerprint density at radius 2 is 1.61 bits per heavy atom. The van der Waals surface area contributed by atoms with Gasteiger partial charge >= 0.3 is 11.9 Å². The van der Waals surface area contributed by atoms with Crippen LogP contribution in [0.15, 0.2) is 54.6 Å². The number of Topliss-reactive ketones (excluding diaryl/α,β-unsaturated/α-hetero) is 1. The summed E-state index contributed by atoms with van der Waals surface area (Å²) >= 11 is 0. The number of carboxylic acid groups (broad SMARTS) is 1. The quantitative estimate of drug-likeness (QED) is 0.315. The molecule has 2 amide bonds. The molecule has 0 aliphatic carbocycles. The van der Waals surface area contributed by atoms with Gasteiger partial charge in [-0.15, -0.1) is 0 Å². The molecule has 2 aromatic carbocycles. The van der Waals surface area contributed by atoms with Crippen molar-refractivity contribution in [1.29, 1.82) is 0 Å². The number of benzene rings is 2. The molecule has 2 heterocycles. The summed E-state index contributed by atoms with van der Waals surface area (Å²) in [4.78, 5) is 66.3. The number of amides is 2. The molecule has 2 aliphatic rings. The Bertz CT molecular complexity index is 1260. The fraction of sp³-hybridized carbons (Fsp3) is 0.452. The van der Waals surface area contributed by atoms with Crippen LogP contribution in [-0.2, 0) is 36.9 Å². The molecular formula is C31H37N3O7. The molecule has 10 heteroatoms. The molecule has 0 spiro atoms. The number of esters is 1.